The number of rotatable bonds is 6. The van der Waals surface area contributed by atoms with Gasteiger partial charge in [0.25, 0.3) is 0 Å². The van der Waals surface area contributed by atoms with Crippen LogP contribution in [0.4, 0.5) is 0 Å². The van der Waals surface area contributed by atoms with Gasteiger partial charge in [0.2, 0.25) is 5.88 Å². The Bertz CT molecular complexity index is 854. The van der Waals surface area contributed by atoms with Crippen LogP contribution in [0.15, 0.2) is 39.4 Å². The van der Waals surface area contributed by atoms with E-state index in [0.29, 0.717) is 33.9 Å². The van der Waals surface area contributed by atoms with Crippen molar-refractivity contribution in [3.8, 4) is 17.6 Å². The fraction of sp³-hybridized carbons (Fsp3) is 0.368. The zero-order chi connectivity index (χ0) is 20.1. The summed E-state index contributed by atoms with van der Waals surface area (Å²) >= 11 is 3.47. The average molecular weight is 437 g/mol. The van der Waals surface area contributed by atoms with E-state index >= 15 is 0 Å². The van der Waals surface area contributed by atoms with Gasteiger partial charge < -0.3 is 24.7 Å². The number of methoxy groups -OCH3 is 1. The van der Waals surface area contributed by atoms with Crippen molar-refractivity contribution < 1.29 is 23.7 Å². The third-order valence-corrected chi connectivity index (χ3v) is 4.56. The first-order valence-electron chi connectivity index (χ1n) is 8.35. The van der Waals surface area contributed by atoms with Gasteiger partial charge in [-0.05, 0) is 54.4 Å². The van der Waals surface area contributed by atoms with Crippen LogP contribution in [0, 0.1) is 11.3 Å². The second-order valence-corrected chi connectivity index (χ2v) is 6.44. The molecule has 1 aromatic carbocycles. The van der Waals surface area contributed by atoms with Crippen molar-refractivity contribution in [2.75, 3.05) is 20.3 Å². The molecular weight excluding hydrogens is 416 g/mol. The van der Waals surface area contributed by atoms with E-state index in [1.165, 1.54) is 7.11 Å². The largest absolute Gasteiger partial charge is 0.493 e. The standard InChI is InChI=1S/C19H21BrN2O5/c1-5-25-17-13(20)7-11(8-14(17)24-4)16-12(9-21)18(22)27-10(3)15(16)19(23)26-6-2/h7-8,16H,5-6,22H2,1-4H3. The third-order valence-electron chi connectivity index (χ3n) is 3.97. The summed E-state index contributed by atoms with van der Waals surface area (Å²) in [5.41, 5.74) is 6.88. The van der Waals surface area contributed by atoms with Gasteiger partial charge in [-0.15, -0.1) is 0 Å². The predicted molar refractivity (Wildman–Crippen MR) is 102 cm³/mol. The summed E-state index contributed by atoms with van der Waals surface area (Å²) in [6.45, 7) is 5.83. The molecule has 7 nitrogen and oxygen atoms in total. The lowest BCUT2D eigenvalue weighted by atomic mass is 9.83. The van der Waals surface area contributed by atoms with Gasteiger partial charge in [0, 0.05) is 0 Å². The Morgan fingerprint density at radius 1 is 1.37 bits per heavy atom. The van der Waals surface area contributed by atoms with Crippen molar-refractivity contribution in [2.45, 2.75) is 26.7 Å². The van der Waals surface area contributed by atoms with Crippen molar-refractivity contribution in [3.63, 3.8) is 0 Å². The van der Waals surface area contributed by atoms with E-state index in [2.05, 4.69) is 15.9 Å². The van der Waals surface area contributed by atoms with Crippen molar-refractivity contribution in [3.05, 3.63) is 45.0 Å². The maximum atomic E-state index is 12.6. The molecule has 0 saturated carbocycles. The lowest BCUT2D eigenvalue weighted by molar-refractivity contribution is -0.139. The highest BCUT2D eigenvalue weighted by Gasteiger charge is 2.37. The van der Waals surface area contributed by atoms with Gasteiger partial charge in [0.1, 0.15) is 17.4 Å². The van der Waals surface area contributed by atoms with Gasteiger partial charge in [-0.3, -0.25) is 0 Å². The molecule has 1 heterocycles. The first-order valence-corrected chi connectivity index (χ1v) is 9.14. The van der Waals surface area contributed by atoms with Gasteiger partial charge in [0.05, 0.1) is 36.3 Å². The summed E-state index contributed by atoms with van der Waals surface area (Å²) in [5.74, 6) is -0.0714. The van der Waals surface area contributed by atoms with Crippen LogP contribution in [0.1, 0.15) is 32.3 Å². The summed E-state index contributed by atoms with van der Waals surface area (Å²) < 4.78 is 22.2. The Morgan fingerprint density at radius 3 is 2.63 bits per heavy atom. The van der Waals surface area contributed by atoms with E-state index in [0.717, 1.165) is 0 Å². The molecule has 0 saturated heterocycles. The number of nitrogens with two attached hydrogens (primary N) is 1. The first kappa shape index (κ1) is 20.6. The zero-order valence-corrected chi connectivity index (χ0v) is 17.2. The molecule has 0 bridgehead atoms. The maximum Gasteiger partial charge on any atom is 0.338 e. The predicted octanol–water partition coefficient (Wildman–Crippen LogP) is 3.50. The number of carbonyl (C=O) groups is 1. The highest BCUT2D eigenvalue weighted by Crippen LogP contribution is 2.44. The number of ether oxygens (including phenoxy) is 4. The monoisotopic (exact) mass is 436 g/mol. The van der Waals surface area contributed by atoms with Crippen molar-refractivity contribution in [1.29, 1.82) is 5.26 Å². The van der Waals surface area contributed by atoms with E-state index in [4.69, 9.17) is 24.7 Å². The molecule has 0 aliphatic carbocycles. The number of carbonyl (C=O) groups excluding carboxylic acids is 1. The minimum atomic E-state index is -0.747. The molecule has 0 fully saturated rings. The summed E-state index contributed by atoms with van der Waals surface area (Å²) in [7, 11) is 1.51. The Hall–Kier alpha value is -2.66. The number of hydrogen-bond acceptors (Lipinski definition) is 7. The van der Waals surface area contributed by atoms with Crippen LogP contribution < -0.4 is 15.2 Å². The lowest BCUT2D eigenvalue weighted by Crippen LogP contribution is -2.25. The van der Waals surface area contributed by atoms with Gasteiger partial charge in [0.15, 0.2) is 11.5 Å². The highest BCUT2D eigenvalue weighted by molar-refractivity contribution is 9.10. The summed E-state index contributed by atoms with van der Waals surface area (Å²) in [6, 6.07) is 5.52. The fourth-order valence-electron chi connectivity index (χ4n) is 2.88. The Balaban J connectivity index is 2.70. The Labute approximate surface area is 166 Å². The van der Waals surface area contributed by atoms with Gasteiger partial charge in [-0.1, -0.05) is 0 Å². The molecule has 1 aromatic rings. The highest BCUT2D eigenvalue weighted by atomic mass is 79.9. The van der Waals surface area contributed by atoms with Gasteiger partial charge >= 0.3 is 5.97 Å². The van der Waals surface area contributed by atoms with Crippen LogP contribution in [-0.4, -0.2) is 26.3 Å². The Kier molecular flexibility index (Phi) is 6.75. The normalized spacial score (nSPS) is 16.5. The van der Waals surface area contributed by atoms with Gasteiger partial charge in [-0.25, -0.2) is 4.79 Å². The molecule has 1 atom stereocenters. The van der Waals surface area contributed by atoms with Gasteiger partial charge in [-0.2, -0.15) is 5.26 Å². The number of allylic oxidation sites excluding steroid dienone is 2. The molecular formula is C19H21BrN2O5. The first-order chi connectivity index (χ1) is 12.9. The lowest BCUT2D eigenvalue weighted by Gasteiger charge is -2.27. The van der Waals surface area contributed by atoms with E-state index in [9.17, 15) is 10.1 Å². The van der Waals surface area contributed by atoms with E-state index in [1.54, 1.807) is 26.0 Å². The number of nitrogens with zero attached hydrogens (tertiary/aromatic N) is 1. The third kappa shape index (κ3) is 4.03. The van der Waals surface area contributed by atoms with Crippen LogP contribution in [-0.2, 0) is 14.3 Å². The number of nitriles is 1. The van der Waals surface area contributed by atoms with E-state index in [1.807, 2.05) is 13.0 Å². The van der Waals surface area contributed by atoms with Crippen molar-refractivity contribution in [2.24, 2.45) is 5.73 Å². The number of benzene rings is 1. The molecule has 0 radical (unpaired) electrons. The SMILES string of the molecule is CCOC(=O)C1=C(C)OC(N)=C(C#N)C1c1cc(Br)c(OCC)c(OC)c1. The minimum Gasteiger partial charge on any atom is -0.493 e. The molecule has 0 amide bonds. The van der Waals surface area contributed by atoms with Crippen molar-refractivity contribution in [1.82, 2.24) is 0 Å². The molecule has 27 heavy (non-hydrogen) atoms. The molecule has 8 heteroatoms. The topological polar surface area (TPSA) is 104 Å². The average Bonchev–Trinajstić information content (AvgIpc) is 2.62. The Morgan fingerprint density at radius 2 is 2.07 bits per heavy atom. The molecule has 1 aliphatic rings. The molecule has 0 aromatic heterocycles. The molecule has 0 spiro atoms. The zero-order valence-electron chi connectivity index (χ0n) is 15.6. The molecule has 2 rings (SSSR count). The number of hydrogen-bond donors (Lipinski definition) is 1. The fourth-order valence-corrected chi connectivity index (χ4v) is 3.45. The van der Waals surface area contributed by atoms with Crippen LogP contribution in [0.5, 0.6) is 11.5 Å². The van der Waals surface area contributed by atoms with Crippen molar-refractivity contribution >= 4 is 21.9 Å². The minimum absolute atomic E-state index is 0.0444. The summed E-state index contributed by atoms with van der Waals surface area (Å²) in [6.07, 6.45) is 0. The maximum absolute atomic E-state index is 12.6. The summed E-state index contributed by atoms with van der Waals surface area (Å²) in [4.78, 5) is 12.6. The number of halogens is 1. The quantitative estimate of drug-likeness (QED) is 0.680. The summed E-state index contributed by atoms with van der Waals surface area (Å²) in [5, 5.41) is 9.63. The molecule has 1 unspecified atom stereocenters. The second-order valence-electron chi connectivity index (χ2n) is 5.58. The van der Waals surface area contributed by atoms with Crippen LogP contribution >= 0.6 is 15.9 Å². The van der Waals surface area contributed by atoms with E-state index < -0.39 is 11.9 Å². The van der Waals surface area contributed by atoms with Crippen LogP contribution in [0.3, 0.4) is 0 Å². The molecule has 144 valence electrons. The number of esters is 1. The van der Waals surface area contributed by atoms with Crippen LogP contribution in [0.25, 0.3) is 0 Å². The smallest absolute Gasteiger partial charge is 0.338 e. The molecule has 1 aliphatic heterocycles. The van der Waals surface area contributed by atoms with Crippen LogP contribution in [0.2, 0.25) is 0 Å². The van der Waals surface area contributed by atoms with E-state index in [-0.39, 0.29) is 23.6 Å². The molecule has 2 N–H and O–H groups in total. The second kappa shape index (κ2) is 8.82.